The van der Waals surface area contributed by atoms with Gasteiger partial charge in [0.15, 0.2) is 6.04 Å². The molecule has 0 spiro atoms. The molecular formula is C38H71NO6. The Labute approximate surface area is 277 Å². The van der Waals surface area contributed by atoms with Gasteiger partial charge in [0.05, 0.1) is 13.2 Å². The van der Waals surface area contributed by atoms with Crippen molar-refractivity contribution in [1.29, 1.82) is 0 Å². The minimum atomic E-state index is -1.24. The highest BCUT2D eigenvalue weighted by molar-refractivity contribution is 5.87. The number of nitrogens with one attached hydrogen (secondary N) is 1. The van der Waals surface area contributed by atoms with Crippen LogP contribution in [0.4, 0.5) is 4.79 Å². The van der Waals surface area contributed by atoms with Crippen molar-refractivity contribution in [2.45, 2.75) is 200 Å². The second kappa shape index (κ2) is 35.0. The third kappa shape index (κ3) is 31.9. The molecule has 2 N–H and O–H groups in total. The second-order valence-corrected chi connectivity index (χ2v) is 12.7. The van der Waals surface area contributed by atoms with Crippen LogP contribution >= 0.6 is 0 Å². The number of rotatable bonds is 33. The lowest BCUT2D eigenvalue weighted by Gasteiger charge is -2.15. The van der Waals surface area contributed by atoms with Crippen LogP contribution in [0.25, 0.3) is 0 Å². The number of carbonyl (C=O) groups is 3. The number of ether oxygens (including phenoxy) is 2. The summed E-state index contributed by atoms with van der Waals surface area (Å²) in [6, 6.07) is -1.24. The Hall–Kier alpha value is -1.89. The average Bonchev–Trinajstić information content (AvgIpc) is 3.03. The molecule has 0 fully saturated rings. The number of amides is 1. The topological polar surface area (TPSA) is 102 Å². The Morgan fingerprint density at radius 2 is 0.978 bits per heavy atom. The zero-order chi connectivity index (χ0) is 33.1. The Morgan fingerprint density at radius 1 is 0.578 bits per heavy atom. The number of aliphatic hydroxyl groups excluding tert-OH is 1. The van der Waals surface area contributed by atoms with Crippen molar-refractivity contribution in [2.75, 3.05) is 13.2 Å². The quantitative estimate of drug-likeness (QED) is 0.0321. The highest BCUT2D eigenvalue weighted by Crippen LogP contribution is 2.13. The maximum absolute atomic E-state index is 12.2. The molecule has 0 aromatic carbocycles. The van der Waals surface area contributed by atoms with E-state index >= 15 is 0 Å². The average molecular weight is 638 g/mol. The molecule has 1 amide bonds. The van der Waals surface area contributed by atoms with Gasteiger partial charge in [-0.15, -0.1) is 0 Å². The van der Waals surface area contributed by atoms with Crippen molar-refractivity contribution < 1.29 is 29.0 Å². The summed E-state index contributed by atoms with van der Waals surface area (Å²) in [6.45, 7) is 4.13. The molecule has 0 aliphatic rings. The molecule has 264 valence electrons. The summed E-state index contributed by atoms with van der Waals surface area (Å²) in [5.74, 6) is -1.34. The lowest BCUT2D eigenvalue weighted by atomic mass is 10.0. The lowest BCUT2D eigenvalue weighted by Crippen LogP contribution is -2.45. The van der Waals surface area contributed by atoms with E-state index in [0.29, 0.717) is 6.42 Å². The number of aliphatic hydroxyl groups is 1. The monoisotopic (exact) mass is 638 g/mol. The predicted molar refractivity (Wildman–Crippen MR) is 186 cm³/mol. The summed E-state index contributed by atoms with van der Waals surface area (Å²) >= 11 is 0. The van der Waals surface area contributed by atoms with Gasteiger partial charge in [0.1, 0.15) is 0 Å². The summed E-state index contributed by atoms with van der Waals surface area (Å²) in [6.07, 6.45) is 36.3. The molecule has 0 aromatic rings. The fraction of sp³-hybridized carbons (Fsp3) is 0.868. The van der Waals surface area contributed by atoms with Crippen LogP contribution in [0, 0.1) is 0 Å². The Kier molecular flexibility index (Phi) is 33.5. The molecule has 0 saturated carbocycles. The number of esters is 2. The minimum absolute atomic E-state index is 0.152. The lowest BCUT2D eigenvalue weighted by molar-refractivity contribution is -0.148. The highest BCUT2D eigenvalue weighted by Gasteiger charge is 2.23. The van der Waals surface area contributed by atoms with Gasteiger partial charge in [-0.25, -0.2) is 9.59 Å². The van der Waals surface area contributed by atoms with Gasteiger partial charge in [-0.3, -0.25) is 4.79 Å². The van der Waals surface area contributed by atoms with Crippen molar-refractivity contribution in [3.63, 3.8) is 0 Å². The Balaban J connectivity index is 3.67. The van der Waals surface area contributed by atoms with Crippen molar-refractivity contribution in [2.24, 2.45) is 0 Å². The third-order valence-electron chi connectivity index (χ3n) is 8.35. The first-order valence-corrected chi connectivity index (χ1v) is 19.0. The van der Waals surface area contributed by atoms with Crippen molar-refractivity contribution in [3.05, 3.63) is 12.2 Å². The van der Waals surface area contributed by atoms with Gasteiger partial charge in [-0.05, 0) is 38.5 Å². The van der Waals surface area contributed by atoms with E-state index in [1.807, 2.05) is 0 Å². The zero-order valence-electron chi connectivity index (χ0n) is 29.4. The molecule has 0 heterocycles. The predicted octanol–water partition coefficient (Wildman–Crippen LogP) is 10.7. The molecule has 45 heavy (non-hydrogen) atoms. The molecule has 7 nitrogen and oxygen atoms in total. The Morgan fingerprint density at radius 3 is 1.42 bits per heavy atom. The van der Waals surface area contributed by atoms with Gasteiger partial charge in [0.2, 0.25) is 0 Å². The Bertz CT molecular complexity index is 710. The van der Waals surface area contributed by atoms with E-state index in [9.17, 15) is 19.5 Å². The molecule has 1 unspecified atom stereocenters. The number of alkyl carbamates (subject to hydrolysis) is 1. The smallest absolute Gasteiger partial charge is 0.415 e. The van der Waals surface area contributed by atoms with E-state index in [4.69, 9.17) is 9.47 Å². The van der Waals surface area contributed by atoms with Gasteiger partial charge >= 0.3 is 18.0 Å². The van der Waals surface area contributed by atoms with E-state index in [-0.39, 0.29) is 13.0 Å². The van der Waals surface area contributed by atoms with E-state index in [1.165, 1.54) is 116 Å². The summed E-state index contributed by atoms with van der Waals surface area (Å²) in [7, 11) is 0. The first-order valence-electron chi connectivity index (χ1n) is 19.0. The largest absolute Gasteiger partial charge is 0.464 e. The zero-order valence-corrected chi connectivity index (χ0v) is 29.4. The van der Waals surface area contributed by atoms with Gasteiger partial charge in [0.25, 0.3) is 0 Å². The fourth-order valence-corrected chi connectivity index (χ4v) is 5.42. The van der Waals surface area contributed by atoms with Crippen LogP contribution in [0.2, 0.25) is 0 Å². The third-order valence-corrected chi connectivity index (χ3v) is 8.35. The summed E-state index contributed by atoms with van der Waals surface area (Å²) in [4.78, 5) is 36.2. The number of unbranched alkanes of at least 4 members (excludes halogenated alkanes) is 24. The van der Waals surface area contributed by atoms with Crippen LogP contribution in [0.3, 0.4) is 0 Å². The standard InChI is InChI=1S/C38H71NO6/c1-3-5-7-9-11-13-15-17-19-20-22-24-26-28-30-32-36(41)45-38(43)39-35(34-40)37(42)44-33-31-29-27-25-23-21-18-16-14-12-10-8-6-4-2/h17,19,35,40H,3-16,18,20-34H2,1-2H3,(H,39,43). The van der Waals surface area contributed by atoms with Gasteiger partial charge in [0, 0.05) is 6.42 Å². The van der Waals surface area contributed by atoms with Crippen LogP contribution in [0.5, 0.6) is 0 Å². The van der Waals surface area contributed by atoms with Crippen molar-refractivity contribution in [1.82, 2.24) is 5.32 Å². The van der Waals surface area contributed by atoms with Crippen LogP contribution in [0.15, 0.2) is 12.2 Å². The summed E-state index contributed by atoms with van der Waals surface area (Å²) in [5, 5.41) is 11.7. The number of hydrogen-bond donors (Lipinski definition) is 2. The number of carbonyl (C=O) groups excluding carboxylic acids is 3. The highest BCUT2D eigenvalue weighted by atomic mass is 16.6. The van der Waals surface area contributed by atoms with Crippen LogP contribution in [-0.2, 0) is 19.1 Å². The van der Waals surface area contributed by atoms with E-state index in [1.54, 1.807) is 0 Å². The molecule has 0 rings (SSSR count). The van der Waals surface area contributed by atoms with E-state index < -0.39 is 30.7 Å². The molecule has 1 atom stereocenters. The second-order valence-electron chi connectivity index (χ2n) is 12.7. The molecule has 0 aliphatic heterocycles. The van der Waals surface area contributed by atoms with Crippen LogP contribution in [0.1, 0.15) is 194 Å². The van der Waals surface area contributed by atoms with Gasteiger partial charge in [-0.2, -0.15) is 0 Å². The summed E-state index contributed by atoms with van der Waals surface area (Å²) < 4.78 is 9.98. The van der Waals surface area contributed by atoms with E-state index in [2.05, 4.69) is 31.3 Å². The van der Waals surface area contributed by atoms with Crippen molar-refractivity contribution >= 4 is 18.0 Å². The van der Waals surface area contributed by atoms with Gasteiger partial charge < -0.3 is 19.9 Å². The molecular weight excluding hydrogens is 566 g/mol. The fourth-order valence-electron chi connectivity index (χ4n) is 5.42. The number of allylic oxidation sites excluding steroid dienone is 2. The normalized spacial score (nSPS) is 12.0. The van der Waals surface area contributed by atoms with Crippen LogP contribution in [-0.4, -0.2) is 42.4 Å². The van der Waals surface area contributed by atoms with Crippen molar-refractivity contribution in [3.8, 4) is 0 Å². The molecule has 0 saturated heterocycles. The van der Waals surface area contributed by atoms with E-state index in [0.717, 1.165) is 51.4 Å². The maximum Gasteiger partial charge on any atom is 0.415 e. The first-order chi connectivity index (χ1) is 22.0. The van der Waals surface area contributed by atoms with Crippen LogP contribution < -0.4 is 5.32 Å². The molecule has 0 aromatic heterocycles. The minimum Gasteiger partial charge on any atom is -0.464 e. The molecule has 0 aliphatic carbocycles. The first kappa shape index (κ1) is 43.1. The maximum atomic E-state index is 12.2. The molecule has 0 bridgehead atoms. The summed E-state index contributed by atoms with van der Waals surface area (Å²) in [5.41, 5.74) is 0. The molecule has 7 heteroatoms. The molecule has 0 radical (unpaired) electrons. The SMILES string of the molecule is CCCCCCCCC=CCCCCCCCC(=O)OC(=O)NC(CO)C(=O)OCCCCCCCCCCCCCCCC. The number of hydrogen-bond acceptors (Lipinski definition) is 6. The van der Waals surface area contributed by atoms with Gasteiger partial charge in [-0.1, -0.05) is 161 Å².